The van der Waals surface area contributed by atoms with Crippen molar-refractivity contribution in [2.45, 2.75) is 66.5 Å². The molecule has 28 heavy (non-hydrogen) atoms. The van der Waals surface area contributed by atoms with E-state index in [2.05, 4.69) is 43.7 Å². The summed E-state index contributed by atoms with van der Waals surface area (Å²) in [7, 11) is 1.50. The van der Waals surface area contributed by atoms with Crippen LogP contribution in [0.2, 0.25) is 0 Å². The lowest BCUT2D eigenvalue weighted by molar-refractivity contribution is 0.0377. The Balaban J connectivity index is 0.000000490. The van der Waals surface area contributed by atoms with Gasteiger partial charge in [0, 0.05) is 5.56 Å². The van der Waals surface area contributed by atoms with Gasteiger partial charge in [-0.1, -0.05) is 32.9 Å². The topological polar surface area (TPSA) is 83.0 Å². The van der Waals surface area contributed by atoms with Crippen LogP contribution >= 0.6 is 0 Å². The van der Waals surface area contributed by atoms with E-state index in [4.69, 9.17) is 4.74 Å². The van der Waals surface area contributed by atoms with Crippen LogP contribution in [0.1, 0.15) is 70.8 Å². The third-order valence-corrected chi connectivity index (χ3v) is 3.25. The van der Waals surface area contributed by atoms with Gasteiger partial charge in [0.1, 0.15) is 11.5 Å². The van der Waals surface area contributed by atoms with Crippen molar-refractivity contribution >= 4 is 5.97 Å². The molecule has 0 spiro atoms. The molecule has 1 heterocycles. The summed E-state index contributed by atoms with van der Waals surface area (Å²) in [4.78, 5) is 11.7. The summed E-state index contributed by atoms with van der Waals surface area (Å²) >= 11 is 0. The highest BCUT2D eigenvalue weighted by atomic mass is 19.1. The third kappa shape index (κ3) is 8.17. The van der Waals surface area contributed by atoms with Gasteiger partial charge in [-0.2, -0.15) is 0 Å². The number of hydrogen-bond acceptors (Lipinski definition) is 5. The first-order valence-electron chi connectivity index (χ1n) is 9.55. The highest BCUT2D eigenvalue weighted by molar-refractivity contribution is 5.90. The van der Waals surface area contributed by atoms with Gasteiger partial charge in [-0.05, 0) is 57.4 Å². The van der Waals surface area contributed by atoms with Gasteiger partial charge in [0.15, 0.2) is 0 Å². The van der Waals surface area contributed by atoms with E-state index >= 15 is 0 Å². The molecule has 1 saturated carbocycles. The maximum atomic E-state index is 14.2. The second-order valence-electron chi connectivity index (χ2n) is 8.46. The quantitative estimate of drug-likeness (QED) is 0.768. The van der Waals surface area contributed by atoms with Crippen molar-refractivity contribution in [3.05, 3.63) is 35.8 Å². The lowest BCUT2D eigenvalue weighted by Gasteiger charge is -2.08. The third-order valence-electron chi connectivity index (χ3n) is 3.25. The predicted octanol–water partition coefficient (Wildman–Crippen LogP) is 4.61. The molecule has 0 aliphatic heterocycles. The first-order chi connectivity index (χ1) is 13.0. The van der Waals surface area contributed by atoms with E-state index < -0.39 is 11.8 Å². The highest BCUT2D eigenvalue weighted by Crippen LogP contribution is 2.34. The van der Waals surface area contributed by atoms with Crippen molar-refractivity contribution in [1.29, 1.82) is 0 Å². The van der Waals surface area contributed by atoms with Crippen LogP contribution in [0.25, 0.3) is 11.3 Å². The molecule has 0 bridgehead atoms. The summed E-state index contributed by atoms with van der Waals surface area (Å²) in [6, 6.07) is 4.65. The molecule has 1 aromatic carbocycles. The molecule has 1 aliphatic rings. The molecule has 2 aromatic rings. The van der Waals surface area contributed by atoms with E-state index in [1.165, 1.54) is 19.2 Å². The zero-order valence-electron chi connectivity index (χ0n) is 18.0. The molecule has 0 amide bonds. The Hall–Kier alpha value is -2.28. The summed E-state index contributed by atoms with van der Waals surface area (Å²) < 4.78 is 21.0. The van der Waals surface area contributed by atoms with Gasteiger partial charge < -0.3 is 10.5 Å². The van der Waals surface area contributed by atoms with Crippen LogP contribution in [0.5, 0.6) is 0 Å². The molecular formula is C21H33FN4O2. The maximum absolute atomic E-state index is 14.2. The Bertz CT molecular complexity index is 756. The molecule has 0 atom stereocenters. The predicted molar refractivity (Wildman–Crippen MR) is 109 cm³/mol. The molecule has 0 radical (unpaired) electrons. The molecule has 156 valence electrons. The first kappa shape index (κ1) is 23.8. The van der Waals surface area contributed by atoms with Crippen LogP contribution in [-0.2, 0) is 4.74 Å². The number of esters is 1. The van der Waals surface area contributed by atoms with E-state index in [0.29, 0.717) is 22.7 Å². The zero-order valence-corrected chi connectivity index (χ0v) is 18.0. The number of nitrogens with zero attached hydrogens (tertiary/aromatic N) is 3. The molecule has 2 N–H and O–H groups in total. The smallest absolute Gasteiger partial charge is 0.338 e. The normalized spacial score (nSPS) is 13.2. The molecule has 1 fully saturated rings. The number of aromatic nitrogens is 3. The molecule has 0 unspecified atom stereocenters. The molecule has 1 aromatic heterocycles. The summed E-state index contributed by atoms with van der Waals surface area (Å²) in [5.41, 5.74) is 6.01. The van der Waals surface area contributed by atoms with Crippen LogP contribution in [0.3, 0.4) is 0 Å². The SMILES string of the molecule is CC(C)(C)C.CC(C)OC(=O)c1ccc(-c2cn(C3CC3)nn2)c(F)c1.CN. The van der Waals surface area contributed by atoms with Crippen molar-refractivity contribution in [3.8, 4) is 11.3 Å². The van der Waals surface area contributed by atoms with Gasteiger partial charge in [0.05, 0.1) is 23.9 Å². The average Bonchev–Trinajstić information content (AvgIpc) is 3.32. The van der Waals surface area contributed by atoms with Crippen LogP contribution in [0.15, 0.2) is 24.4 Å². The fourth-order valence-corrected chi connectivity index (χ4v) is 2.05. The second kappa shape index (κ2) is 10.3. The zero-order chi connectivity index (χ0) is 21.5. The van der Waals surface area contributed by atoms with Crippen molar-refractivity contribution in [2.24, 2.45) is 11.1 Å². The molecule has 1 aliphatic carbocycles. The standard InChI is InChI=1S/C15H16FN3O2.C5H12.CH5N/c1-9(2)21-15(20)10-3-6-12(13(16)7-10)14-8-19(18-17-14)11-4-5-11;1-5(2,3)4;1-2/h3,6-9,11H,4-5H2,1-2H3;1-4H3;2H2,1H3. The molecule has 0 saturated heterocycles. The van der Waals surface area contributed by atoms with E-state index in [0.717, 1.165) is 12.8 Å². The number of benzene rings is 1. The number of nitrogens with two attached hydrogens (primary N) is 1. The Morgan fingerprint density at radius 3 is 2.29 bits per heavy atom. The summed E-state index contributed by atoms with van der Waals surface area (Å²) in [6.07, 6.45) is 3.68. The Labute approximate surface area is 167 Å². The van der Waals surface area contributed by atoms with Crippen molar-refractivity contribution in [1.82, 2.24) is 15.0 Å². The van der Waals surface area contributed by atoms with Crippen LogP contribution in [0, 0.1) is 11.2 Å². The average molecular weight is 393 g/mol. The fraction of sp³-hybridized carbons (Fsp3) is 0.571. The number of rotatable bonds is 4. The van der Waals surface area contributed by atoms with Gasteiger partial charge in [-0.15, -0.1) is 5.10 Å². The summed E-state index contributed by atoms with van der Waals surface area (Å²) in [5, 5.41) is 7.99. The summed E-state index contributed by atoms with van der Waals surface area (Å²) in [6.45, 7) is 12.2. The summed E-state index contributed by atoms with van der Waals surface area (Å²) in [5.74, 6) is -1.03. The fourth-order valence-electron chi connectivity index (χ4n) is 2.05. The molecule has 7 heteroatoms. The molecular weight excluding hydrogens is 359 g/mol. The van der Waals surface area contributed by atoms with E-state index in [9.17, 15) is 9.18 Å². The van der Waals surface area contributed by atoms with Gasteiger partial charge in [0.2, 0.25) is 0 Å². The molecule has 3 rings (SSSR count). The lowest BCUT2D eigenvalue weighted by atomic mass is 10.0. The number of hydrogen-bond donors (Lipinski definition) is 1. The van der Waals surface area contributed by atoms with Gasteiger partial charge >= 0.3 is 5.97 Å². The number of halogens is 1. The minimum Gasteiger partial charge on any atom is -0.459 e. The van der Waals surface area contributed by atoms with Crippen LogP contribution in [-0.4, -0.2) is 34.1 Å². The Morgan fingerprint density at radius 2 is 1.82 bits per heavy atom. The number of carbonyl (C=O) groups excluding carboxylic acids is 1. The minimum atomic E-state index is -0.530. The Kier molecular flexibility index (Phi) is 8.75. The minimum absolute atomic E-state index is 0.194. The van der Waals surface area contributed by atoms with Crippen molar-refractivity contribution < 1.29 is 13.9 Å². The van der Waals surface area contributed by atoms with Gasteiger partial charge in [0.25, 0.3) is 0 Å². The van der Waals surface area contributed by atoms with E-state index in [1.54, 1.807) is 30.8 Å². The largest absolute Gasteiger partial charge is 0.459 e. The van der Waals surface area contributed by atoms with Gasteiger partial charge in [-0.3, -0.25) is 0 Å². The molecule has 6 nitrogen and oxygen atoms in total. The van der Waals surface area contributed by atoms with E-state index in [-0.39, 0.29) is 11.7 Å². The first-order valence-corrected chi connectivity index (χ1v) is 9.55. The second-order valence-corrected chi connectivity index (χ2v) is 8.46. The van der Waals surface area contributed by atoms with Gasteiger partial charge in [-0.25, -0.2) is 13.9 Å². The van der Waals surface area contributed by atoms with Crippen molar-refractivity contribution in [2.75, 3.05) is 7.05 Å². The van der Waals surface area contributed by atoms with Crippen LogP contribution in [0.4, 0.5) is 4.39 Å². The Morgan fingerprint density at radius 1 is 1.25 bits per heavy atom. The highest BCUT2D eigenvalue weighted by Gasteiger charge is 2.25. The monoisotopic (exact) mass is 392 g/mol. The maximum Gasteiger partial charge on any atom is 0.338 e. The van der Waals surface area contributed by atoms with Crippen molar-refractivity contribution in [3.63, 3.8) is 0 Å². The van der Waals surface area contributed by atoms with Crippen LogP contribution < -0.4 is 5.73 Å². The number of carbonyl (C=O) groups is 1. The lowest BCUT2D eigenvalue weighted by Crippen LogP contribution is -2.11. The van der Waals surface area contributed by atoms with E-state index in [1.807, 2.05) is 0 Å². The number of ether oxygens (including phenoxy) is 1.